The Hall–Kier alpha value is -2.14. The highest BCUT2D eigenvalue weighted by atomic mass is 16.4. The van der Waals surface area contributed by atoms with Crippen molar-refractivity contribution in [3.63, 3.8) is 0 Å². The Morgan fingerprint density at radius 3 is 2.50 bits per heavy atom. The Balaban J connectivity index is 1.80. The third-order valence-corrected chi connectivity index (χ3v) is 3.72. The molecule has 5 nitrogen and oxygen atoms in total. The molecule has 1 aliphatic heterocycles. The lowest BCUT2D eigenvalue weighted by Gasteiger charge is -2.14. The van der Waals surface area contributed by atoms with Gasteiger partial charge in [0.2, 0.25) is 0 Å². The summed E-state index contributed by atoms with van der Waals surface area (Å²) in [5.74, 6) is -0.906. The topological polar surface area (TPSA) is 58.4 Å². The van der Waals surface area contributed by atoms with Crippen molar-refractivity contribution in [3.8, 4) is 0 Å². The third kappa shape index (κ3) is 2.20. The van der Waals surface area contributed by atoms with E-state index in [4.69, 9.17) is 0 Å². The summed E-state index contributed by atoms with van der Waals surface area (Å²) in [7, 11) is 0. The van der Waals surface area contributed by atoms with Crippen molar-refractivity contribution in [3.05, 3.63) is 52.8 Å². The largest absolute Gasteiger partial charge is 0.477 e. The van der Waals surface area contributed by atoms with Crippen LogP contribution in [0, 0.1) is 0 Å². The first kappa shape index (κ1) is 12.9. The van der Waals surface area contributed by atoms with Crippen LogP contribution >= 0.6 is 0 Å². The summed E-state index contributed by atoms with van der Waals surface area (Å²) >= 11 is 0. The summed E-state index contributed by atoms with van der Waals surface area (Å²) in [5.41, 5.74) is 3.75. The van der Waals surface area contributed by atoms with Crippen molar-refractivity contribution in [2.75, 3.05) is 0 Å². The van der Waals surface area contributed by atoms with E-state index >= 15 is 0 Å². The molecular weight excluding hydrogens is 254 g/mol. The minimum absolute atomic E-state index is 0.309. The molecule has 2 aromatic rings. The predicted octanol–water partition coefficient (Wildman–Crippen LogP) is 2.12. The highest BCUT2D eigenvalue weighted by Crippen LogP contribution is 2.24. The van der Waals surface area contributed by atoms with Crippen molar-refractivity contribution in [1.82, 2.24) is 14.7 Å². The molecule has 0 bridgehead atoms. The second-order valence-corrected chi connectivity index (χ2v) is 5.05. The second kappa shape index (κ2) is 5.09. The number of aromatic nitrogens is 2. The molecule has 3 rings (SSSR count). The average Bonchev–Trinajstić information content (AvgIpc) is 3.01. The van der Waals surface area contributed by atoms with E-state index in [1.807, 2.05) is 19.1 Å². The lowest BCUT2D eigenvalue weighted by molar-refractivity contribution is 0.0681. The molecule has 1 N–H and O–H groups in total. The molecule has 0 unspecified atom stereocenters. The molecule has 0 aliphatic carbocycles. The van der Waals surface area contributed by atoms with E-state index in [0.717, 1.165) is 18.7 Å². The van der Waals surface area contributed by atoms with Crippen molar-refractivity contribution in [2.24, 2.45) is 0 Å². The van der Waals surface area contributed by atoms with Crippen molar-refractivity contribution in [1.29, 1.82) is 0 Å². The Labute approximate surface area is 117 Å². The zero-order valence-corrected chi connectivity index (χ0v) is 11.4. The lowest BCUT2D eigenvalue weighted by atomic mass is 10.1. The summed E-state index contributed by atoms with van der Waals surface area (Å²) < 4.78 is 1.54. The summed E-state index contributed by atoms with van der Waals surface area (Å²) in [6.45, 7) is 4.83. The van der Waals surface area contributed by atoms with E-state index in [9.17, 15) is 9.90 Å². The molecule has 0 spiro atoms. The van der Waals surface area contributed by atoms with Gasteiger partial charge in [0.1, 0.15) is 0 Å². The molecule has 0 atom stereocenters. The maximum absolute atomic E-state index is 11.4. The fourth-order valence-corrected chi connectivity index (χ4v) is 2.78. The number of carboxylic acids is 1. The molecule has 2 heterocycles. The smallest absolute Gasteiger partial charge is 0.354 e. The number of carboxylic acid groups (broad SMARTS) is 1. The van der Waals surface area contributed by atoms with Gasteiger partial charge in [0.15, 0.2) is 5.69 Å². The van der Waals surface area contributed by atoms with E-state index in [2.05, 4.69) is 22.1 Å². The summed E-state index contributed by atoms with van der Waals surface area (Å²) in [4.78, 5) is 13.6. The number of hydrogen-bond donors (Lipinski definition) is 1. The Morgan fingerprint density at radius 2 is 1.95 bits per heavy atom. The molecule has 0 saturated heterocycles. The molecule has 0 amide bonds. The molecule has 1 aliphatic rings. The number of carbonyl (C=O) groups is 1. The number of nitrogens with zero attached hydrogens (tertiary/aromatic N) is 3. The first-order valence-electron chi connectivity index (χ1n) is 6.76. The van der Waals surface area contributed by atoms with E-state index in [-0.39, 0.29) is 0 Å². The molecular formula is C15H17N3O2. The van der Waals surface area contributed by atoms with Gasteiger partial charge in [-0.05, 0) is 18.1 Å². The molecule has 104 valence electrons. The Morgan fingerprint density at radius 1 is 1.30 bits per heavy atom. The number of fused-ring (bicyclic) bond motifs is 1. The zero-order chi connectivity index (χ0) is 14.1. The lowest BCUT2D eigenvalue weighted by Crippen LogP contribution is -2.18. The highest BCUT2D eigenvalue weighted by molar-refractivity contribution is 5.87. The summed E-state index contributed by atoms with van der Waals surface area (Å²) in [6, 6.07) is 8.34. The van der Waals surface area contributed by atoms with Gasteiger partial charge in [0.05, 0.1) is 6.20 Å². The van der Waals surface area contributed by atoms with Crippen LogP contribution in [-0.4, -0.2) is 25.8 Å². The van der Waals surface area contributed by atoms with Gasteiger partial charge in [-0.25, -0.2) is 4.79 Å². The standard InChI is InChI=1S/C15H17N3O2/c1-2-18-14(15(19)20)13(7-16-18)10-17-8-11-5-3-4-6-12(11)9-17/h3-7H,2,8-10H2,1H3,(H,19,20). The van der Waals surface area contributed by atoms with Gasteiger partial charge in [0.25, 0.3) is 0 Å². The van der Waals surface area contributed by atoms with Gasteiger partial charge in [-0.2, -0.15) is 5.10 Å². The Kier molecular flexibility index (Phi) is 3.28. The number of hydrogen-bond acceptors (Lipinski definition) is 3. The van der Waals surface area contributed by atoms with Gasteiger partial charge in [-0.3, -0.25) is 9.58 Å². The van der Waals surface area contributed by atoms with E-state index < -0.39 is 5.97 Å². The van der Waals surface area contributed by atoms with Crippen LogP contribution in [-0.2, 0) is 26.2 Å². The van der Waals surface area contributed by atoms with Crippen LogP contribution in [0.1, 0.15) is 34.1 Å². The van der Waals surface area contributed by atoms with Crippen molar-refractivity contribution in [2.45, 2.75) is 33.1 Å². The molecule has 0 fully saturated rings. The van der Waals surface area contributed by atoms with Crippen molar-refractivity contribution >= 4 is 5.97 Å². The van der Waals surface area contributed by atoms with Gasteiger partial charge in [-0.15, -0.1) is 0 Å². The van der Waals surface area contributed by atoms with Crippen LogP contribution in [0.2, 0.25) is 0 Å². The Bertz CT molecular complexity index is 623. The number of benzene rings is 1. The van der Waals surface area contributed by atoms with Crippen LogP contribution < -0.4 is 0 Å². The van der Waals surface area contributed by atoms with Crippen LogP contribution in [0.3, 0.4) is 0 Å². The fraction of sp³-hybridized carbons (Fsp3) is 0.333. The van der Waals surface area contributed by atoms with Gasteiger partial charge < -0.3 is 5.11 Å². The predicted molar refractivity (Wildman–Crippen MR) is 74.3 cm³/mol. The molecule has 5 heteroatoms. The molecule has 1 aromatic heterocycles. The SMILES string of the molecule is CCn1ncc(CN2Cc3ccccc3C2)c1C(=O)O. The summed E-state index contributed by atoms with van der Waals surface area (Å²) in [6.07, 6.45) is 1.68. The number of aromatic carboxylic acids is 1. The molecule has 20 heavy (non-hydrogen) atoms. The van der Waals surface area contributed by atoms with Crippen LogP contribution in [0.5, 0.6) is 0 Å². The van der Waals surface area contributed by atoms with E-state index in [0.29, 0.717) is 18.8 Å². The second-order valence-electron chi connectivity index (χ2n) is 5.05. The molecule has 0 radical (unpaired) electrons. The van der Waals surface area contributed by atoms with Crippen LogP contribution in [0.15, 0.2) is 30.5 Å². The maximum atomic E-state index is 11.4. The first-order valence-corrected chi connectivity index (χ1v) is 6.76. The summed E-state index contributed by atoms with van der Waals surface area (Å²) in [5, 5.41) is 13.5. The average molecular weight is 271 g/mol. The van der Waals surface area contributed by atoms with Crippen LogP contribution in [0.25, 0.3) is 0 Å². The minimum atomic E-state index is -0.906. The quantitative estimate of drug-likeness (QED) is 0.925. The minimum Gasteiger partial charge on any atom is -0.477 e. The number of aryl methyl sites for hydroxylation is 1. The van der Waals surface area contributed by atoms with Gasteiger partial charge in [0, 0.05) is 31.7 Å². The normalized spacial score (nSPS) is 14.4. The van der Waals surface area contributed by atoms with Crippen LogP contribution in [0.4, 0.5) is 0 Å². The van der Waals surface area contributed by atoms with E-state index in [1.54, 1.807) is 10.9 Å². The zero-order valence-electron chi connectivity index (χ0n) is 11.4. The number of rotatable bonds is 4. The van der Waals surface area contributed by atoms with Gasteiger partial charge >= 0.3 is 5.97 Å². The maximum Gasteiger partial charge on any atom is 0.354 e. The highest BCUT2D eigenvalue weighted by Gasteiger charge is 2.23. The molecule has 1 aromatic carbocycles. The third-order valence-electron chi connectivity index (χ3n) is 3.72. The van der Waals surface area contributed by atoms with Gasteiger partial charge in [-0.1, -0.05) is 24.3 Å². The van der Waals surface area contributed by atoms with E-state index in [1.165, 1.54) is 11.1 Å². The monoisotopic (exact) mass is 271 g/mol. The van der Waals surface area contributed by atoms with Crippen molar-refractivity contribution < 1.29 is 9.90 Å². The fourth-order valence-electron chi connectivity index (χ4n) is 2.78. The first-order chi connectivity index (χ1) is 9.69. The molecule has 0 saturated carbocycles.